The van der Waals surface area contributed by atoms with Gasteiger partial charge in [-0.2, -0.15) is 5.10 Å². The highest BCUT2D eigenvalue weighted by atomic mass is 15.5. The summed E-state index contributed by atoms with van der Waals surface area (Å²) >= 11 is 0. The van der Waals surface area contributed by atoms with Crippen molar-refractivity contribution in [1.29, 1.82) is 0 Å². The quantitative estimate of drug-likeness (QED) is 0.613. The van der Waals surface area contributed by atoms with Crippen LogP contribution in [-0.2, 0) is 13.2 Å². The summed E-state index contributed by atoms with van der Waals surface area (Å²) < 4.78 is 1.97. The Morgan fingerprint density at radius 1 is 1.24 bits per heavy atom. The third-order valence-corrected chi connectivity index (χ3v) is 4.65. The third-order valence-electron chi connectivity index (χ3n) is 4.65. The number of nitrogens with zero attached hydrogens (tertiary/aromatic N) is 6. The van der Waals surface area contributed by atoms with Gasteiger partial charge in [0.15, 0.2) is 0 Å². The first-order valence-electron chi connectivity index (χ1n) is 9.15. The largest absolute Gasteiger partial charge is 0.277 e. The zero-order chi connectivity index (χ0) is 17.5. The summed E-state index contributed by atoms with van der Waals surface area (Å²) in [5.41, 5.74) is 1.99. The molecule has 0 radical (unpaired) electrons. The molecule has 0 aliphatic heterocycles. The van der Waals surface area contributed by atoms with Gasteiger partial charge in [-0.1, -0.05) is 50.5 Å². The Kier molecular flexibility index (Phi) is 6.11. The maximum atomic E-state index is 4.34. The van der Waals surface area contributed by atoms with Crippen molar-refractivity contribution in [1.82, 2.24) is 35.1 Å². The fraction of sp³-hybridized carbons (Fsp3) is 0.556. The van der Waals surface area contributed by atoms with Crippen LogP contribution in [0.5, 0.6) is 0 Å². The zero-order valence-electron chi connectivity index (χ0n) is 15.1. The zero-order valence-corrected chi connectivity index (χ0v) is 15.1. The average molecular weight is 341 g/mol. The van der Waals surface area contributed by atoms with Gasteiger partial charge in [-0.05, 0) is 24.5 Å². The Morgan fingerprint density at radius 3 is 2.88 bits per heavy atom. The number of benzene rings is 1. The summed E-state index contributed by atoms with van der Waals surface area (Å²) in [7, 11) is 0. The van der Waals surface area contributed by atoms with Gasteiger partial charge in [0.25, 0.3) is 0 Å². The summed E-state index contributed by atoms with van der Waals surface area (Å²) in [4.78, 5) is 6.67. The second kappa shape index (κ2) is 8.71. The van der Waals surface area contributed by atoms with Crippen molar-refractivity contribution in [3.63, 3.8) is 0 Å². The van der Waals surface area contributed by atoms with Crippen molar-refractivity contribution in [3.8, 4) is 0 Å². The van der Waals surface area contributed by atoms with E-state index in [1.54, 1.807) is 6.33 Å². The first-order chi connectivity index (χ1) is 12.3. The number of aromatic amines is 1. The van der Waals surface area contributed by atoms with E-state index in [0.29, 0.717) is 12.6 Å². The van der Waals surface area contributed by atoms with E-state index in [4.69, 9.17) is 0 Å². The van der Waals surface area contributed by atoms with Crippen LogP contribution in [-0.4, -0.2) is 41.6 Å². The van der Waals surface area contributed by atoms with E-state index in [0.717, 1.165) is 29.9 Å². The third kappa shape index (κ3) is 4.63. The first-order valence-corrected chi connectivity index (χ1v) is 9.15. The number of aromatic nitrogens is 6. The molecule has 0 fully saturated rings. The van der Waals surface area contributed by atoms with Crippen LogP contribution < -0.4 is 0 Å². The number of rotatable bonds is 10. The topological polar surface area (TPSA) is 75.5 Å². The van der Waals surface area contributed by atoms with Gasteiger partial charge in [-0.25, -0.2) is 9.67 Å². The molecular weight excluding hydrogens is 314 g/mol. The number of H-pyrrole nitrogens is 1. The molecule has 25 heavy (non-hydrogen) atoms. The highest BCUT2D eigenvalue weighted by molar-refractivity contribution is 5.73. The minimum Gasteiger partial charge on any atom is -0.277 e. The molecule has 2 heterocycles. The lowest BCUT2D eigenvalue weighted by atomic mass is 9.99. The minimum atomic E-state index is 0.678. The highest BCUT2D eigenvalue weighted by Crippen LogP contribution is 2.17. The van der Waals surface area contributed by atoms with Gasteiger partial charge in [0, 0.05) is 6.54 Å². The Morgan fingerprint density at radius 2 is 2.12 bits per heavy atom. The number of para-hydroxylation sites is 1. The SMILES string of the molecule is CCCCC(CC)CN(Cc1ncn[nH]1)Cn1nnc2ccccc21. The molecule has 7 heteroatoms. The van der Waals surface area contributed by atoms with E-state index in [1.165, 1.54) is 25.7 Å². The van der Waals surface area contributed by atoms with E-state index < -0.39 is 0 Å². The monoisotopic (exact) mass is 341 g/mol. The van der Waals surface area contributed by atoms with E-state index >= 15 is 0 Å². The molecule has 0 aliphatic rings. The van der Waals surface area contributed by atoms with Crippen molar-refractivity contribution in [2.24, 2.45) is 5.92 Å². The Bertz CT molecular complexity index is 750. The molecular formula is C18H27N7. The van der Waals surface area contributed by atoms with E-state index in [9.17, 15) is 0 Å². The van der Waals surface area contributed by atoms with E-state index in [1.807, 2.05) is 22.9 Å². The second-order valence-corrected chi connectivity index (χ2v) is 6.58. The van der Waals surface area contributed by atoms with E-state index in [2.05, 4.69) is 50.3 Å². The molecule has 0 aliphatic carbocycles. The summed E-state index contributed by atoms with van der Waals surface area (Å²) in [6, 6.07) is 8.08. The van der Waals surface area contributed by atoms with Crippen LogP contribution >= 0.6 is 0 Å². The lowest BCUT2D eigenvalue weighted by molar-refractivity contribution is 0.158. The minimum absolute atomic E-state index is 0.678. The summed E-state index contributed by atoms with van der Waals surface area (Å²) in [5, 5.41) is 15.6. The molecule has 1 atom stereocenters. The van der Waals surface area contributed by atoms with Crippen LogP contribution in [0.1, 0.15) is 45.4 Å². The number of hydrogen-bond donors (Lipinski definition) is 1. The fourth-order valence-electron chi connectivity index (χ4n) is 3.18. The molecule has 2 aromatic heterocycles. The van der Waals surface area contributed by atoms with Crippen LogP contribution in [0.25, 0.3) is 11.0 Å². The first kappa shape index (κ1) is 17.5. The number of hydrogen-bond acceptors (Lipinski definition) is 5. The number of unbranched alkanes of at least 4 members (excludes halogenated alkanes) is 1. The van der Waals surface area contributed by atoms with Crippen molar-refractivity contribution < 1.29 is 0 Å². The van der Waals surface area contributed by atoms with Crippen LogP contribution in [0.4, 0.5) is 0 Å². The van der Waals surface area contributed by atoms with Gasteiger partial charge in [0.2, 0.25) is 0 Å². The fourth-order valence-corrected chi connectivity index (χ4v) is 3.18. The Hall–Kier alpha value is -2.28. The molecule has 0 saturated heterocycles. The molecule has 0 amide bonds. The summed E-state index contributed by atoms with van der Waals surface area (Å²) in [5.74, 6) is 1.56. The normalized spacial score (nSPS) is 12.9. The van der Waals surface area contributed by atoms with Crippen molar-refractivity contribution in [2.45, 2.75) is 52.7 Å². The maximum absolute atomic E-state index is 4.34. The molecule has 3 rings (SSSR count). The van der Waals surface area contributed by atoms with Gasteiger partial charge in [0.05, 0.1) is 18.7 Å². The van der Waals surface area contributed by atoms with Gasteiger partial charge in [-0.15, -0.1) is 5.10 Å². The molecule has 1 N–H and O–H groups in total. The number of fused-ring (bicyclic) bond motifs is 1. The smallest absolute Gasteiger partial charge is 0.138 e. The summed E-state index contributed by atoms with van der Waals surface area (Å²) in [6.07, 6.45) is 6.53. The van der Waals surface area contributed by atoms with Gasteiger partial charge < -0.3 is 0 Å². The standard InChI is InChI=1S/C18H27N7/c1-3-5-8-15(4-2)11-24(12-18-19-13-20-22-18)14-25-17-10-7-6-9-16(17)21-23-25/h6-7,9-10,13,15H,3-5,8,11-12,14H2,1-2H3,(H,19,20,22). The summed E-state index contributed by atoms with van der Waals surface area (Å²) in [6.45, 7) is 6.98. The molecule has 0 saturated carbocycles. The molecule has 1 unspecified atom stereocenters. The molecule has 134 valence electrons. The second-order valence-electron chi connectivity index (χ2n) is 6.58. The molecule has 1 aromatic carbocycles. The van der Waals surface area contributed by atoms with E-state index in [-0.39, 0.29) is 0 Å². The molecule has 7 nitrogen and oxygen atoms in total. The van der Waals surface area contributed by atoms with Crippen LogP contribution in [0.2, 0.25) is 0 Å². The van der Waals surface area contributed by atoms with Crippen LogP contribution in [0, 0.1) is 5.92 Å². The van der Waals surface area contributed by atoms with Crippen LogP contribution in [0.15, 0.2) is 30.6 Å². The van der Waals surface area contributed by atoms with Crippen molar-refractivity contribution in [3.05, 3.63) is 36.4 Å². The molecule has 3 aromatic rings. The lowest BCUT2D eigenvalue weighted by Gasteiger charge is -2.26. The molecule has 0 bridgehead atoms. The van der Waals surface area contributed by atoms with Crippen LogP contribution in [0.3, 0.4) is 0 Å². The van der Waals surface area contributed by atoms with Crippen molar-refractivity contribution >= 4 is 11.0 Å². The van der Waals surface area contributed by atoms with Gasteiger partial charge in [-0.3, -0.25) is 10.00 Å². The maximum Gasteiger partial charge on any atom is 0.138 e. The lowest BCUT2D eigenvalue weighted by Crippen LogP contribution is -2.32. The van der Waals surface area contributed by atoms with Gasteiger partial charge >= 0.3 is 0 Å². The Balaban J connectivity index is 1.75. The van der Waals surface area contributed by atoms with Gasteiger partial charge in [0.1, 0.15) is 17.7 Å². The number of nitrogens with one attached hydrogen (secondary N) is 1. The molecule has 0 spiro atoms. The average Bonchev–Trinajstić information content (AvgIpc) is 3.29. The predicted octanol–water partition coefficient (Wildman–Crippen LogP) is 3.23. The Labute approximate surface area is 148 Å². The highest BCUT2D eigenvalue weighted by Gasteiger charge is 2.16. The predicted molar refractivity (Wildman–Crippen MR) is 97.6 cm³/mol. The van der Waals surface area contributed by atoms with Crippen molar-refractivity contribution in [2.75, 3.05) is 6.54 Å².